The molecule has 4 heteroatoms. The molecule has 0 radical (unpaired) electrons. The highest BCUT2D eigenvalue weighted by Crippen LogP contribution is 2.30. The summed E-state index contributed by atoms with van der Waals surface area (Å²) in [6.45, 7) is 5.97. The van der Waals surface area contributed by atoms with Crippen LogP contribution in [0.1, 0.15) is 18.9 Å². The number of hydrogen-bond acceptors (Lipinski definition) is 2. The summed E-state index contributed by atoms with van der Waals surface area (Å²) in [5.74, 6) is 0. The highest BCUT2D eigenvalue weighted by molar-refractivity contribution is 7.09. The topological polar surface area (TPSA) is 12.9 Å². The van der Waals surface area contributed by atoms with Crippen LogP contribution in [0.2, 0.25) is 10.0 Å². The van der Waals surface area contributed by atoms with E-state index in [4.69, 9.17) is 23.2 Å². The fraction of sp³-hybridized carbons (Fsp3) is 0.250. The lowest BCUT2D eigenvalue weighted by atomic mass is 10.2. The van der Waals surface area contributed by atoms with Crippen molar-refractivity contribution in [2.75, 3.05) is 0 Å². The van der Waals surface area contributed by atoms with Gasteiger partial charge in [0, 0.05) is 16.0 Å². The van der Waals surface area contributed by atoms with Gasteiger partial charge in [-0.1, -0.05) is 37.0 Å². The first-order valence-corrected chi connectivity index (χ1v) is 6.68. The van der Waals surface area contributed by atoms with Crippen LogP contribution in [-0.4, -0.2) is 4.98 Å². The van der Waals surface area contributed by atoms with Gasteiger partial charge in [0.15, 0.2) is 0 Å². The number of halogens is 2. The quantitative estimate of drug-likeness (QED) is 0.673. The second-order valence-electron chi connectivity index (χ2n) is 2.88. The van der Waals surface area contributed by atoms with E-state index in [2.05, 4.69) is 4.98 Å². The van der Waals surface area contributed by atoms with Gasteiger partial charge in [0.2, 0.25) is 0 Å². The molecule has 0 bridgehead atoms. The van der Waals surface area contributed by atoms with Gasteiger partial charge in [-0.3, -0.25) is 0 Å². The van der Waals surface area contributed by atoms with E-state index in [0.29, 0.717) is 10.0 Å². The number of rotatable bonds is 1. The highest BCUT2D eigenvalue weighted by atomic mass is 35.5. The van der Waals surface area contributed by atoms with Crippen molar-refractivity contribution in [1.82, 2.24) is 4.98 Å². The first-order valence-electron chi connectivity index (χ1n) is 5.04. The Labute approximate surface area is 110 Å². The van der Waals surface area contributed by atoms with Crippen molar-refractivity contribution in [2.45, 2.75) is 20.8 Å². The molecule has 16 heavy (non-hydrogen) atoms. The standard InChI is InChI=1S/C10H7Cl2NS.C2H6/c1-6-13-10(5-14-6)8-3-2-7(11)4-9(8)12;1-2/h2-5H,1H3;1-2H3. The Balaban J connectivity index is 0.000000606. The van der Waals surface area contributed by atoms with Gasteiger partial charge in [-0.05, 0) is 25.1 Å². The maximum absolute atomic E-state index is 6.05. The summed E-state index contributed by atoms with van der Waals surface area (Å²) in [5.41, 5.74) is 1.84. The van der Waals surface area contributed by atoms with Gasteiger partial charge in [-0.25, -0.2) is 4.98 Å². The molecule has 0 unspecified atom stereocenters. The fourth-order valence-electron chi connectivity index (χ4n) is 1.18. The zero-order valence-electron chi connectivity index (χ0n) is 9.42. The van der Waals surface area contributed by atoms with E-state index < -0.39 is 0 Å². The molecule has 0 fully saturated rings. The van der Waals surface area contributed by atoms with Crippen LogP contribution in [-0.2, 0) is 0 Å². The molecule has 1 nitrogen and oxygen atoms in total. The molecule has 0 aliphatic carbocycles. The maximum atomic E-state index is 6.05. The highest BCUT2D eigenvalue weighted by Gasteiger charge is 2.06. The molecule has 86 valence electrons. The Morgan fingerprint density at radius 1 is 1.19 bits per heavy atom. The molecule has 1 aromatic heterocycles. The van der Waals surface area contributed by atoms with Crippen molar-refractivity contribution in [2.24, 2.45) is 0 Å². The predicted octanol–water partition coefficient (Wildman–Crippen LogP) is 5.45. The number of aryl methyl sites for hydroxylation is 1. The third-order valence-electron chi connectivity index (χ3n) is 1.83. The summed E-state index contributed by atoms with van der Waals surface area (Å²) < 4.78 is 0. The van der Waals surface area contributed by atoms with Crippen molar-refractivity contribution in [3.05, 3.63) is 38.6 Å². The Morgan fingerprint density at radius 3 is 2.38 bits per heavy atom. The number of aromatic nitrogens is 1. The minimum absolute atomic E-state index is 0.641. The number of nitrogens with zero attached hydrogens (tertiary/aromatic N) is 1. The van der Waals surface area contributed by atoms with Crippen molar-refractivity contribution >= 4 is 34.5 Å². The van der Waals surface area contributed by atoms with Gasteiger partial charge in [0.25, 0.3) is 0 Å². The third kappa shape index (κ3) is 3.21. The van der Waals surface area contributed by atoms with E-state index >= 15 is 0 Å². The van der Waals surface area contributed by atoms with Crippen LogP contribution in [0.25, 0.3) is 11.3 Å². The predicted molar refractivity (Wildman–Crippen MR) is 73.7 cm³/mol. The molecule has 1 aromatic carbocycles. The lowest BCUT2D eigenvalue weighted by Crippen LogP contribution is -1.79. The summed E-state index contributed by atoms with van der Waals surface area (Å²) in [7, 11) is 0. The summed E-state index contributed by atoms with van der Waals surface area (Å²) in [6.07, 6.45) is 0. The summed E-state index contributed by atoms with van der Waals surface area (Å²) in [5, 5.41) is 4.31. The van der Waals surface area contributed by atoms with E-state index in [0.717, 1.165) is 16.3 Å². The van der Waals surface area contributed by atoms with E-state index in [1.807, 2.05) is 38.3 Å². The van der Waals surface area contributed by atoms with Gasteiger partial charge in [0.05, 0.1) is 15.7 Å². The Bertz CT molecular complexity index is 466. The zero-order valence-corrected chi connectivity index (χ0v) is 11.7. The van der Waals surface area contributed by atoms with Crippen LogP contribution >= 0.6 is 34.5 Å². The fourth-order valence-corrected chi connectivity index (χ4v) is 2.30. The van der Waals surface area contributed by atoms with E-state index in [-0.39, 0.29) is 0 Å². The summed E-state index contributed by atoms with van der Waals surface area (Å²) in [6, 6.07) is 5.43. The number of benzene rings is 1. The molecular formula is C12H13Cl2NS. The van der Waals surface area contributed by atoms with Crippen LogP contribution < -0.4 is 0 Å². The maximum Gasteiger partial charge on any atom is 0.0901 e. The second kappa shape index (κ2) is 6.24. The second-order valence-corrected chi connectivity index (χ2v) is 4.78. The van der Waals surface area contributed by atoms with Gasteiger partial charge in [-0.2, -0.15) is 0 Å². The van der Waals surface area contributed by atoms with Crippen LogP contribution in [0.15, 0.2) is 23.6 Å². The Hall–Kier alpha value is -0.570. The smallest absolute Gasteiger partial charge is 0.0901 e. The third-order valence-corrected chi connectivity index (χ3v) is 3.15. The number of hydrogen-bond donors (Lipinski definition) is 0. The minimum Gasteiger partial charge on any atom is -0.241 e. The molecule has 1 heterocycles. The average Bonchev–Trinajstić information content (AvgIpc) is 2.68. The molecule has 0 aliphatic rings. The van der Waals surface area contributed by atoms with Gasteiger partial charge >= 0.3 is 0 Å². The molecule has 0 amide bonds. The Morgan fingerprint density at radius 2 is 1.88 bits per heavy atom. The van der Waals surface area contributed by atoms with Crippen molar-refractivity contribution in [1.29, 1.82) is 0 Å². The molecule has 0 N–H and O–H groups in total. The van der Waals surface area contributed by atoms with Gasteiger partial charge in [0.1, 0.15) is 0 Å². The molecule has 0 atom stereocenters. The number of thiazole rings is 1. The molecule has 0 saturated carbocycles. The first kappa shape index (κ1) is 13.5. The lowest BCUT2D eigenvalue weighted by molar-refractivity contribution is 1.30. The largest absolute Gasteiger partial charge is 0.241 e. The normalized spacial score (nSPS) is 9.56. The van der Waals surface area contributed by atoms with Crippen molar-refractivity contribution in [3.63, 3.8) is 0 Å². The van der Waals surface area contributed by atoms with Crippen LogP contribution in [0.3, 0.4) is 0 Å². The van der Waals surface area contributed by atoms with Crippen molar-refractivity contribution in [3.8, 4) is 11.3 Å². The van der Waals surface area contributed by atoms with Gasteiger partial charge in [-0.15, -0.1) is 11.3 Å². The van der Waals surface area contributed by atoms with Crippen molar-refractivity contribution < 1.29 is 0 Å². The van der Waals surface area contributed by atoms with E-state index in [1.54, 1.807) is 17.4 Å². The Kier molecular flexibility index (Phi) is 5.26. The van der Waals surface area contributed by atoms with Crippen LogP contribution in [0, 0.1) is 6.92 Å². The molecule has 0 aliphatic heterocycles. The first-order chi connectivity index (χ1) is 7.66. The molecular weight excluding hydrogens is 261 g/mol. The molecule has 2 rings (SSSR count). The average molecular weight is 274 g/mol. The lowest BCUT2D eigenvalue weighted by Gasteiger charge is -2.00. The SMILES string of the molecule is CC.Cc1nc(-c2ccc(Cl)cc2Cl)cs1. The summed E-state index contributed by atoms with van der Waals surface area (Å²) in [4.78, 5) is 4.36. The molecule has 2 aromatic rings. The monoisotopic (exact) mass is 273 g/mol. The summed E-state index contributed by atoms with van der Waals surface area (Å²) >= 11 is 13.5. The van der Waals surface area contributed by atoms with E-state index in [9.17, 15) is 0 Å². The van der Waals surface area contributed by atoms with Crippen LogP contribution in [0.5, 0.6) is 0 Å². The minimum atomic E-state index is 0.641. The molecule has 0 spiro atoms. The van der Waals surface area contributed by atoms with E-state index in [1.165, 1.54) is 0 Å². The van der Waals surface area contributed by atoms with Crippen LogP contribution in [0.4, 0.5) is 0 Å². The molecule has 0 saturated heterocycles. The zero-order chi connectivity index (χ0) is 12.1. The van der Waals surface area contributed by atoms with Gasteiger partial charge < -0.3 is 0 Å².